The normalized spacial score (nSPS) is 23.9. The molecule has 2 amide bonds. The number of carbonyl (C=O) groups excluding carboxylic acids is 3. The summed E-state index contributed by atoms with van der Waals surface area (Å²) in [4.78, 5) is 45.6. The molecule has 5 rings (SSSR count). The molecule has 0 radical (unpaired) electrons. The van der Waals surface area contributed by atoms with E-state index in [4.69, 9.17) is 9.47 Å². The number of rotatable bonds is 8. The van der Waals surface area contributed by atoms with Crippen molar-refractivity contribution in [3.05, 3.63) is 29.8 Å². The van der Waals surface area contributed by atoms with Crippen molar-refractivity contribution in [1.82, 2.24) is 15.1 Å². The minimum absolute atomic E-state index is 0. The smallest absolute Gasteiger partial charge is 0.251 e. The second-order valence-corrected chi connectivity index (χ2v) is 10.4. The van der Waals surface area contributed by atoms with E-state index in [1.807, 2.05) is 24.3 Å². The number of nitrogens with one attached hydrogen (secondary N) is 1. The predicted molar refractivity (Wildman–Crippen MR) is 163 cm³/mol. The lowest BCUT2D eigenvalue weighted by atomic mass is 9.95. The zero-order valence-electron chi connectivity index (χ0n) is 22.2. The first-order chi connectivity index (χ1) is 17.5. The fourth-order valence-electron chi connectivity index (χ4n) is 6.19. The molecule has 9 nitrogen and oxygen atoms in total. The molecule has 1 aromatic carbocycles. The second kappa shape index (κ2) is 15.3. The van der Waals surface area contributed by atoms with Crippen LogP contribution in [-0.4, -0.2) is 105 Å². The Labute approximate surface area is 246 Å². The molecule has 0 spiro atoms. The van der Waals surface area contributed by atoms with Crippen molar-refractivity contribution in [2.45, 2.75) is 57.7 Å². The summed E-state index contributed by atoms with van der Waals surface area (Å²) in [5.74, 6) is -0.297. The summed E-state index contributed by atoms with van der Waals surface area (Å²) in [7, 11) is 1.73. The molecule has 3 heterocycles. The molecule has 3 atom stereocenters. The highest BCUT2D eigenvalue weighted by atomic mass is 32.1. The predicted octanol–water partition coefficient (Wildman–Crippen LogP) is 2.17. The Bertz CT molecular complexity index is 952. The lowest BCUT2D eigenvalue weighted by molar-refractivity contribution is -0.139. The van der Waals surface area contributed by atoms with Gasteiger partial charge in [-0.3, -0.25) is 19.3 Å². The Morgan fingerprint density at radius 1 is 1.03 bits per heavy atom. The highest BCUT2D eigenvalue weighted by Crippen LogP contribution is 2.32. The van der Waals surface area contributed by atoms with E-state index in [2.05, 4.69) is 15.1 Å². The van der Waals surface area contributed by atoms with Crippen molar-refractivity contribution >= 4 is 50.3 Å². The zero-order chi connectivity index (χ0) is 25.1. The Hall–Kier alpha value is -1.79. The first kappa shape index (κ1) is 33.4. The summed E-state index contributed by atoms with van der Waals surface area (Å²) >= 11 is 0. The number of benzene rings is 1. The number of Topliss-reactive ketones (excluding diaryl/α,β-unsaturated/α-hetero) is 1. The standard InChI is InChI=1S/C27H38N4O5.CH4.2H2S/c1-35-17-16-29-12-14-30(15-13-29)21-8-6-20(7-9-21)26(33)28-24(19-4-2-3-5-19)27(34)31-11-10-23-25(31)22(32)18-36-23;;;/h6-9,19,23-25H,2-5,10-18H2,1H3,(H,28,33);1H4;2*1H2/t23-,24+,25-;;;/m1.../s1. The van der Waals surface area contributed by atoms with Crippen LogP contribution in [0.15, 0.2) is 24.3 Å². The van der Waals surface area contributed by atoms with Crippen molar-refractivity contribution in [1.29, 1.82) is 0 Å². The van der Waals surface area contributed by atoms with E-state index < -0.39 is 12.1 Å². The second-order valence-electron chi connectivity index (χ2n) is 10.4. The van der Waals surface area contributed by atoms with E-state index in [-0.39, 0.29) is 70.6 Å². The van der Waals surface area contributed by atoms with Gasteiger partial charge in [-0.25, -0.2) is 0 Å². The third-order valence-electron chi connectivity index (χ3n) is 8.30. The first-order valence-corrected chi connectivity index (χ1v) is 13.4. The maximum Gasteiger partial charge on any atom is 0.251 e. The van der Waals surface area contributed by atoms with Crippen molar-refractivity contribution in [2.24, 2.45) is 5.92 Å². The molecule has 1 N–H and O–H groups in total. The molecular formula is C28H46N4O5S2. The Morgan fingerprint density at radius 3 is 2.33 bits per heavy atom. The lowest BCUT2D eigenvalue weighted by Gasteiger charge is -2.36. The number of piperazine rings is 1. The maximum atomic E-state index is 13.6. The summed E-state index contributed by atoms with van der Waals surface area (Å²) in [6, 6.07) is 6.58. The molecule has 1 saturated carbocycles. The number of ether oxygens (including phenoxy) is 2. The van der Waals surface area contributed by atoms with E-state index >= 15 is 0 Å². The monoisotopic (exact) mass is 582 g/mol. The van der Waals surface area contributed by atoms with Gasteiger partial charge in [0.15, 0.2) is 5.78 Å². The lowest BCUT2D eigenvalue weighted by Crippen LogP contribution is -2.54. The first-order valence-electron chi connectivity index (χ1n) is 13.4. The van der Waals surface area contributed by atoms with Gasteiger partial charge in [-0.2, -0.15) is 27.0 Å². The van der Waals surface area contributed by atoms with Crippen LogP contribution >= 0.6 is 27.0 Å². The van der Waals surface area contributed by atoms with Crippen LogP contribution in [0.5, 0.6) is 0 Å². The van der Waals surface area contributed by atoms with E-state index in [1.54, 1.807) is 12.0 Å². The van der Waals surface area contributed by atoms with Crippen LogP contribution in [0.2, 0.25) is 0 Å². The number of fused-ring (bicyclic) bond motifs is 1. The fourth-order valence-corrected chi connectivity index (χ4v) is 6.19. The highest BCUT2D eigenvalue weighted by Gasteiger charge is 2.49. The zero-order valence-corrected chi connectivity index (χ0v) is 24.2. The van der Waals surface area contributed by atoms with Crippen molar-refractivity contribution < 1.29 is 23.9 Å². The Balaban J connectivity index is 0.00000178. The van der Waals surface area contributed by atoms with Crippen molar-refractivity contribution in [2.75, 3.05) is 64.5 Å². The quantitative estimate of drug-likeness (QED) is 0.503. The van der Waals surface area contributed by atoms with Crippen LogP contribution in [0.3, 0.4) is 0 Å². The molecule has 220 valence electrons. The molecule has 1 aromatic rings. The van der Waals surface area contributed by atoms with Gasteiger partial charge in [0.1, 0.15) is 18.7 Å². The van der Waals surface area contributed by atoms with Crippen LogP contribution in [0, 0.1) is 5.92 Å². The molecule has 1 aliphatic carbocycles. The van der Waals surface area contributed by atoms with Gasteiger partial charge in [-0.15, -0.1) is 0 Å². The van der Waals surface area contributed by atoms with E-state index in [0.29, 0.717) is 18.5 Å². The molecule has 0 bridgehead atoms. The molecule has 0 unspecified atom stereocenters. The van der Waals surface area contributed by atoms with Crippen LogP contribution in [0.25, 0.3) is 0 Å². The molecule has 3 aliphatic heterocycles. The topological polar surface area (TPSA) is 91.4 Å². The number of carbonyl (C=O) groups is 3. The minimum atomic E-state index is -0.605. The fraction of sp³-hybridized carbons (Fsp3) is 0.679. The number of nitrogens with zero attached hydrogens (tertiary/aromatic N) is 3. The van der Waals surface area contributed by atoms with Gasteiger partial charge in [0, 0.05) is 57.6 Å². The van der Waals surface area contributed by atoms with Gasteiger partial charge < -0.3 is 24.6 Å². The van der Waals surface area contributed by atoms with Crippen molar-refractivity contribution in [3.8, 4) is 0 Å². The Morgan fingerprint density at radius 2 is 1.69 bits per heavy atom. The number of likely N-dealkylation sites (tertiary alicyclic amines) is 1. The third kappa shape index (κ3) is 7.49. The van der Waals surface area contributed by atoms with Gasteiger partial charge >= 0.3 is 0 Å². The van der Waals surface area contributed by atoms with Crippen LogP contribution in [0.4, 0.5) is 5.69 Å². The number of methoxy groups -OCH3 is 1. The average molecular weight is 583 g/mol. The SMILES string of the molecule is C.COCCN1CCN(c2ccc(C(=O)N[C@H](C(=O)N3CC[C@H]4OCC(=O)[C@H]43)C3CCCC3)cc2)CC1.S.S. The summed E-state index contributed by atoms with van der Waals surface area (Å²) in [6.07, 6.45) is 4.43. The minimum Gasteiger partial charge on any atom is -0.383 e. The molecular weight excluding hydrogens is 536 g/mol. The van der Waals surface area contributed by atoms with E-state index in [0.717, 1.165) is 70.7 Å². The summed E-state index contributed by atoms with van der Waals surface area (Å²) in [5.41, 5.74) is 1.65. The molecule has 0 aromatic heterocycles. The molecule has 11 heteroatoms. The molecule has 4 aliphatic rings. The number of hydrogen-bond acceptors (Lipinski definition) is 7. The van der Waals surface area contributed by atoms with Gasteiger partial charge in [-0.1, -0.05) is 20.3 Å². The molecule has 39 heavy (non-hydrogen) atoms. The summed E-state index contributed by atoms with van der Waals surface area (Å²) in [6.45, 7) is 6.13. The van der Waals surface area contributed by atoms with Crippen LogP contribution < -0.4 is 10.2 Å². The maximum absolute atomic E-state index is 13.6. The van der Waals surface area contributed by atoms with Crippen molar-refractivity contribution in [3.63, 3.8) is 0 Å². The number of ketones is 1. The third-order valence-corrected chi connectivity index (χ3v) is 8.30. The van der Waals surface area contributed by atoms with Crippen LogP contribution in [-0.2, 0) is 19.1 Å². The highest BCUT2D eigenvalue weighted by molar-refractivity contribution is 7.59. The largest absolute Gasteiger partial charge is 0.383 e. The average Bonchev–Trinajstić information content (AvgIpc) is 3.66. The Kier molecular flexibility index (Phi) is 13.1. The number of amides is 2. The van der Waals surface area contributed by atoms with Gasteiger partial charge in [0.2, 0.25) is 5.91 Å². The van der Waals surface area contributed by atoms with Gasteiger partial charge in [0.05, 0.1) is 12.7 Å². The molecule has 4 fully saturated rings. The number of anilines is 1. The number of hydrogen-bond donors (Lipinski definition) is 1. The van der Waals surface area contributed by atoms with Gasteiger partial charge in [-0.05, 0) is 49.4 Å². The molecule has 3 saturated heterocycles. The summed E-state index contributed by atoms with van der Waals surface area (Å²) in [5, 5.41) is 3.06. The van der Waals surface area contributed by atoms with Gasteiger partial charge in [0.25, 0.3) is 5.91 Å². The van der Waals surface area contributed by atoms with Crippen LogP contribution in [0.1, 0.15) is 49.9 Å². The van der Waals surface area contributed by atoms with E-state index in [1.165, 1.54) is 0 Å². The van der Waals surface area contributed by atoms with E-state index in [9.17, 15) is 14.4 Å². The summed E-state index contributed by atoms with van der Waals surface area (Å²) < 4.78 is 10.7.